The van der Waals surface area contributed by atoms with Crippen LogP contribution in [-0.2, 0) is 5.54 Å². The molecule has 0 saturated heterocycles. The summed E-state index contributed by atoms with van der Waals surface area (Å²) >= 11 is 0. The first-order chi connectivity index (χ1) is 14.1. The highest BCUT2D eigenvalue weighted by atomic mass is 19.4. The Morgan fingerprint density at radius 1 is 1.23 bits per heavy atom. The van der Waals surface area contributed by atoms with Gasteiger partial charge >= 0.3 is 6.18 Å². The molecule has 2 aromatic rings. The number of alkyl halides is 3. The van der Waals surface area contributed by atoms with Crippen molar-refractivity contribution in [2.75, 3.05) is 6.61 Å². The molecule has 2 aliphatic rings. The number of hydrogen-bond donors (Lipinski definition) is 2. The number of nitrogens with one attached hydrogen (secondary N) is 2. The Hall–Kier alpha value is -2.51. The minimum absolute atomic E-state index is 0.141. The Morgan fingerprint density at radius 3 is 2.53 bits per heavy atom. The lowest BCUT2D eigenvalue weighted by atomic mass is 9.90. The third kappa shape index (κ3) is 4.96. The number of H-pyrrole nitrogens is 1. The van der Waals surface area contributed by atoms with Gasteiger partial charge in [0.2, 0.25) is 0 Å². The maximum Gasteiger partial charge on any atom is 0.422 e. The van der Waals surface area contributed by atoms with E-state index in [9.17, 15) is 18.0 Å². The Bertz CT molecular complexity index is 932. The topological polar surface area (TPSA) is 67.0 Å². The van der Waals surface area contributed by atoms with E-state index in [1.165, 1.54) is 6.07 Å². The summed E-state index contributed by atoms with van der Waals surface area (Å²) in [6.07, 6.45) is 0.429. The van der Waals surface area contributed by atoms with E-state index in [1.807, 2.05) is 19.9 Å². The number of amides is 1. The van der Waals surface area contributed by atoms with Gasteiger partial charge in [0.05, 0.1) is 11.2 Å². The molecular weight excluding hydrogens is 395 g/mol. The molecule has 0 unspecified atom stereocenters. The lowest BCUT2D eigenvalue weighted by Crippen LogP contribution is -2.44. The standard InChI is InChI=1S/C22H26F3N3O2/c1-13-9-19(28-27-13)21(2,11-14-3-4-14)26-20(29)16-7-8-17(15-5-6-15)18(10-16)30-12-22(23,24)25/h7-10,14-15H,3-6,11-12H2,1-2H3,(H,26,29)(H,27,28)/t21-/m0/s1. The monoisotopic (exact) mass is 421 g/mol. The van der Waals surface area contributed by atoms with E-state index in [2.05, 4.69) is 15.5 Å². The van der Waals surface area contributed by atoms with Gasteiger partial charge in [-0.25, -0.2) is 0 Å². The number of hydrogen-bond acceptors (Lipinski definition) is 3. The van der Waals surface area contributed by atoms with Gasteiger partial charge in [-0.15, -0.1) is 0 Å². The van der Waals surface area contributed by atoms with Gasteiger partial charge in [0.25, 0.3) is 5.91 Å². The zero-order chi connectivity index (χ0) is 21.5. The zero-order valence-corrected chi connectivity index (χ0v) is 17.1. The first-order valence-electron chi connectivity index (χ1n) is 10.3. The number of rotatable bonds is 8. The molecule has 2 aliphatic carbocycles. The summed E-state index contributed by atoms with van der Waals surface area (Å²) < 4.78 is 43.1. The first-order valence-corrected chi connectivity index (χ1v) is 10.3. The minimum atomic E-state index is -4.43. The van der Waals surface area contributed by atoms with Crippen molar-refractivity contribution in [3.8, 4) is 5.75 Å². The number of halogens is 3. The van der Waals surface area contributed by atoms with E-state index in [-0.39, 0.29) is 23.1 Å². The van der Waals surface area contributed by atoms with Crippen LogP contribution in [0.3, 0.4) is 0 Å². The number of aromatic amines is 1. The maximum absolute atomic E-state index is 13.1. The Morgan fingerprint density at radius 2 is 1.97 bits per heavy atom. The number of nitrogens with zero attached hydrogens (tertiary/aromatic N) is 1. The fourth-order valence-electron chi connectivity index (χ4n) is 3.83. The fourth-order valence-corrected chi connectivity index (χ4v) is 3.83. The van der Waals surface area contributed by atoms with Gasteiger partial charge in [0.15, 0.2) is 6.61 Å². The van der Waals surface area contributed by atoms with Crippen LogP contribution < -0.4 is 10.1 Å². The van der Waals surface area contributed by atoms with Crippen LogP contribution in [0.1, 0.15) is 72.3 Å². The van der Waals surface area contributed by atoms with E-state index in [0.29, 0.717) is 5.92 Å². The smallest absolute Gasteiger partial charge is 0.422 e. The molecule has 1 atom stereocenters. The molecule has 30 heavy (non-hydrogen) atoms. The van der Waals surface area contributed by atoms with Crippen LogP contribution in [0.4, 0.5) is 13.2 Å². The quantitative estimate of drug-likeness (QED) is 0.632. The van der Waals surface area contributed by atoms with Crippen LogP contribution in [-0.4, -0.2) is 28.9 Å². The van der Waals surface area contributed by atoms with Crippen LogP contribution in [0, 0.1) is 12.8 Å². The summed E-state index contributed by atoms with van der Waals surface area (Å²) in [5, 5.41) is 10.3. The molecule has 8 heteroatoms. The predicted molar refractivity (Wildman–Crippen MR) is 105 cm³/mol. The summed E-state index contributed by atoms with van der Waals surface area (Å²) in [6.45, 7) is 2.47. The van der Waals surface area contributed by atoms with E-state index in [4.69, 9.17) is 4.74 Å². The minimum Gasteiger partial charge on any atom is -0.484 e. The normalized spacial score (nSPS) is 18.7. The van der Waals surface area contributed by atoms with Gasteiger partial charge in [-0.2, -0.15) is 18.3 Å². The predicted octanol–water partition coefficient (Wildman–Crippen LogP) is 4.98. The second kappa shape index (κ2) is 7.63. The molecule has 0 spiro atoms. The third-order valence-corrected chi connectivity index (χ3v) is 5.74. The molecule has 2 fully saturated rings. The molecule has 162 valence electrons. The summed E-state index contributed by atoms with van der Waals surface area (Å²) in [7, 11) is 0. The van der Waals surface area contributed by atoms with E-state index >= 15 is 0 Å². The largest absolute Gasteiger partial charge is 0.484 e. The van der Waals surface area contributed by atoms with Crippen LogP contribution in [0.25, 0.3) is 0 Å². The van der Waals surface area contributed by atoms with Crippen LogP contribution >= 0.6 is 0 Å². The van der Waals surface area contributed by atoms with Crippen molar-refractivity contribution < 1.29 is 22.7 Å². The number of aryl methyl sites for hydroxylation is 1. The van der Waals surface area contributed by atoms with Gasteiger partial charge in [-0.05, 0) is 68.7 Å². The van der Waals surface area contributed by atoms with Gasteiger partial charge in [-0.3, -0.25) is 9.89 Å². The third-order valence-electron chi connectivity index (χ3n) is 5.74. The Labute approximate surface area is 173 Å². The van der Waals surface area contributed by atoms with Gasteiger partial charge in [0, 0.05) is 11.3 Å². The molecule has 0 bridgehead atoms. The molecule has 1 heterocycles. The summed E-state index contributed by atoms with van der Waals surface area (Å²) in [6, 6.07) is 6.73. The highest BCUT2D eigenvalue weighted by Crippen LogP contribution is 2.45. The molecule has 0 aliphatic heterocycles. The number of ether oxygens (including phenoxy) is 1. The molecule has 2 N–H and O–H groups in total. The van der Waals surface area contributed by atoms with E-state index in [0.717, 1.165) is 49.1 Å². The highest BCUT2D eigenvalue weighted by Gasteiger charge is 2.38. The lowest BCUT2D eigenvalue weighted by molar-refractivity contribution is -0.153. The van der Waals surface area contributed by atoms with E-state index in [1.54, 1.807) is 12.1 Å². The van der Waals surface area contributed by atoms with Gasteiger partial charge in [-0.1, -0.05) is 18.9 Å². The number of aromatic nitrogens is 2. The lowest BCUT2D eigenvalue weighted by Gasteiger charge is -2.29. The molecule has 1 aromatic heterocycles. The molecule has 0 radical (unpaired) electrons. The van der Waals surface area contributed by atoms with Gasteiger partial charge < -0.3 is 10.1 Å². The highest BCUT2D eigenvalue weighted by molar-refractivity contribution is 5.95. The summed E-state index contributed by atoms with van der Waals surface area (Å²) in [5.41, 5.74) is 2.01. The Kier molecular flexibility index (Phi) is 5.28. The second-order valence-electron chi connectivity index (χ2n) is 8.80. The maximum atomic E-state index is 13.1. The summed E-state index contributed by atoms with van der Waals surface area (Å²) in [5.74, 6) is 0.535. The van der Waals surface area contributed by atoms with Crippen molar-refractivity contribution >= 4 is 5.91 Å². The molecule has 1 amide bonds. The first kappa shape index (κ1) is 20.8. The Balaban J connectivity index is 1.56. The van der Waals surface area contributed by atoms with Crippen molar-refractivity contribution in [1.82, 2.24) is 15.5 Å². The molecule has 1 aromatic carbocycles. The summed E-state index contributed by atoms with van der Waals surface area (Å²) in [4.78, 5) is 13.1. The molecule has 2 saturated carbocycles. The van der Waals surface area contributed by atoms with Crippen LogP contribution in [0.15, 0.2) is 24.3 Å². The average molecular weight is 421 g/mol. The SMILES string of the molecule is Cc1cc([C@](C)(CC2CC2)NC(=O)c2ccc(C3CC3)c(OCC(F)(F)F)c2)n[nH]1. The van der Waals surface area contributed by atoms with Crippen molar-refractivity contribution in [3.63, 3.8) is 0 Å². The van der Waals surface area contributed by atoms with E-state index < -0.39 is 18.3 Å². The fraction of sp³-hybridized carbons (Fsp3) is 0.545. The molecule has 5 nitrogen and oxygen atoms in total. The zero-order valence-electron chi connectivity index (χ0n) is 17.1. The van der Waals surface area contributed by atoms with Crippen molar-refractivity contribution in [2.45, 2.75) is 63.6 Å². The average Bonchev–Trinajstić information content (AvgIpc) is 3.59. The van der Waals surface area contributed by atoms with Crippen molar-refractivity contribution in [2.24, 2.45) is 5.92 Å². The number of benzene rings is 1. The second-order valence-corrected chi connectivity index (χ2v) is 8.80. The molecular formula is C22H26F3N3O2. The number of carbonyl (C=O) groups excluding carboxylic acids is 1. The number of carbonyl (C=O) groups is 1. The molecule has 4 rings (SSSR count). The van der Waals surface area contributed by atoms with Crippen LogP contribution in [0.2, 0.25) is 0 Å². The van der Waals surface area contributed by atoms with Crippen LogP contribution in [0.5, 0.6) is 5.75 Å². The van der Waals surface area contributed by atoms with Crippen molar-refractivity contribution in [1.29, 1.82) is 0 Å². The van der Waals surface area contributed by atoms with Crippen molar-refractivity contribution in [3.05, 3.63) is 46.8 Å². The van der Waals surface area contributed by atoms with Gasteiger partial charge in [0.1, 0.15) is 5.75 Å².